The van der Waals surface area contributed by atoms with Gasteiger partial charge in [-0.05, 0) is 31.1 Å². The molecule has 0 amide bonds. The lowest BCUT2D eigenvalue weighted by Gasteiger charge is -2.47. The van der Waals surface area contributed by atoms with Crippen molar-refractivity contribution >= 4 is 11.8 Å². The summed E-state index contributed by atoms with van der Waals surface area (Å²) >= 11 is 0. The molecule has 1 saturated heterocycles. The van der Waals surface area contributed by atoms with E-state index in [0.717, 1.165) is 32.1 Å². The van der Waals surface area contributed by atoms with Crippen molar-refractivity contribution in [1.82, 2.24) is 0 Å². The van der Waals surface area contributed by atoms with Crippen molar-refractivity contribution in [2.75, 3.05) is 0 Å². The Morgan fingerprint density at radius 2 is 2.19 bits per heavy atom. The fourth-order valence-corrected chi connectivity index (χ4v) is 3.93. The largest absolute Gasteiger partial charge is 0.462 e. The summed E-state index contributed by atoms with van der Waals surface area (Å²) in [5.41, 5.74) is 0.0983. The summed E-state index contributed by atoms with van der Waals surface area (Å²) in [6.45, 7) is 2.21. The smallest absolute Gasteiger partial charge is 0.306 e. The van der Waals surface area contributed by atoms with Crippen molar-refractivity contribution < 1.29 is 14.3 Å². The quantitative estimate of drug-likeness (QED) is 0.589. The third kappa shape index (κ3) is 1.40. The summed E-state index contributed by atoms with van der Waals surface area (Å²) in [4.78, 5) is 23.3. The fraction of sp³-hybridized carbons (Fsp3) is 0.846. The molecule has 3 rings (SSSR count). The van der Waals surface area contributed by atoms with Crippen LogP contribution in [0.2, 0.25) is 0 Å². The van der Waals surface area contributed by atoms with E-state index in [-0.39, 0.29) is 23.4 Å². The second-order valence-corrected chi connectivity index (χ2v) is 5.96. The van der Waals surface area contributed by atoms with Crippen LogP contribution in [0.3, 0.4) is 0 Å². The molecular weight excluding hydrogens is 204 g/mol. The summed E-state index contributed by atoms with van der Waals surface area (Å²) in [6, 6.07) is 0. The molecule has 16 heavy (non-hydrogen) atoms. The molecule has 2 aliphatic carbocycles. The maximum absolute atomic E-state index is 12.0. The van der Waals surface area contributed by atoms with E-state index < -0.39 is 0 Å². The highest BCUT2D eigenvalue weighted by Gasteiger charge is 2.52. The third-order valence-electron chi connectivity index (χ3n) is 4.84. The van der Waals surface area contributed by atoms with Crippen molar-refractivity contribution in [3.8, 4) is 0 Å². The van der Waals surface area contributed by atoms with Crippen molar-refractivity contribution in [2.45, 2.75) is 51.6 Å². The predicted octanol–water partition coefficient (Wildman–Crippen LogP) is 2.09. The molecule has 0 aromatic carbocycles. The number of esters is 1. The van der Waals surface area contributed by atoms with Crippen LogP contribution in [0.4, 0.5) is 0 Å². The zero-order chi connectivity index (χ0) is 11.3. The molecule has 1 aliphatic heterocycles. The molecule has 0 unspecified atom stereocenters. The van der Waals surface area contributed by atoms with Gasteiger partial charge in [-0.3, -0.25) is 9.59 Å². The van der Waals surface area contributed by atoms with Crippen LogP contribution in [-0.2, 0) is 14.3 Å². The predicted molar refractivity (Wildman–Crippen MR) is 57.7 cm³/mol. The highest BCUT2D eigenvalue weighted by Crippen LogP contribution is 2.53. The summed E-state index contributed by atoms with van der Waals surface area (Å²) in [6.07, 6.45) is 5.28. The van der Waals surface area contributed by atoms with Gasteiger partial charge in [-0.2, -0.15) is 0 Å². The van der Waals surface area contributed by atoms with E-state index in [2.05, 4.69) is 6.92 Å². The van der Waals surface area contributed by atoms with Gasteiger partial charge in [0.25, 0.3) is 0 Å². The van der Waals surface area contributed by atoms with E-state index in [1.807, 2.05) is 0 Å². The second kappa shape index (κ2) is 3.31. The van der Waals surface area contributed by atoms with Gasteiger partial charge in [0.1, 0.15) is 11.9 Å². The Bertz CT molecular complexity index is 349. The lowest BCUT2D eigenvalue weighted by Crippen LogP contribution is -2.46. The standard InChI is InChI=1S/C13H18O3/c1-13-4-2-3-10(14)9(13)5-8-6-12(15)16-11(8)7-13/h8-9,11H,2-7H2,1H3/t8-,9+,11-,13-/m1/s1. The van der Waals surface area contributed by atoms with Crippen molar-refractivity contribution in [2.24, 2.45) is 17.3 Å². The van der Waals surface area contributed by atoms with E-state index in [1.54, 1.807) is 0 Å². The van der Waals surface area contributed by atoms with Crippen molar-refractivity contribution in [1.29, 1.82) is 0 Å². The number of ether oxygens (including phenoxy) is 1. The fourth-order valence-electron chi connectivity index (χ4n) is 3.93. The van der Waals surface area contributed by atoms with Gasteiger partial charge in [0.15, 0.2) is 0 Å². The molecule has 2 saturated carbocycles. The first-order valence-electron chi connectivity index (χ1n) is 6.31. The highest BCUT2D eigenvalue weighted by molar-refractivity contribution is 5.83. The second-order valence-electron chi connectivity index (χ2n) is 5.96. The SMILES string of the molecule is C[C@]12CCCC(=O)[C@@H]1C[C@@H]1CC(=O)O[C@@H]1C2. The molecule has 0 bridgehead atoms. The first-order valence-corrected chi connectivity index (χ1v) is 6.31. The van der Waals surface area contributed by atoms with Gasteiger partial charge in [-0.15, -0.1) is 0 Å². The summed E-state index contributed by atoms with van der Waals surface area (Å²) < 4.78 is 5.36. The van der Waals surface area contributed by atoms with Crippen LogP contribution in [0.5, 0.6) is 0 Å². The summed E-state index contributed by atoms with van der Waals surface area (Å²) in [5, 5.41) is 0. The Labute approximate surface area is 95.5 Å². The molecule has 0 aromatic rings. The van der Waals surface area contributed by atoms with Gasteiger partial charge in [0.2, 0.25) is 0 Å². The first kappa shape index (κ1) is 10.3. The lowest BCUT2D eigenvalue weighted by atomic mass is 9.57. The molecule has 4 atom stereocenters. The van der Waals surface area contributed by atoms with E-state index >= 15 is 0 Å². The van der Waals surface area contributed by atoms with Gasteiger partial charge >= 0.3 is 5.97 Å². The van der Waals surface area contributed by atoms with Crippen LogP contribution < -0.4 is 0 Å². The molecule has 88 valence electrons. The average molecular weight is 222 g/mol. The molecule has 0 aromatic heterocycles. The minimum absolute atomic E-state index is 0.0651. The summed E-state index contributed by atoms with van der Waals surface area (Å²) in [7, 11) is 0. The third-order valence-corrected chi connectivity index (χ3v) is 4.84. The zero-order valence-corrected chi connectivity index (χ0v) is 9.70. The van der Waals surface area contributed by atoms with Crippen LogP contribution in [0.1, 0.15) is 45.4 Å². The zero-order valence-electron chi connectivity index (χ0n) is 9.70. The Morgan fingerprint density at radius 3 is 3.00 bits per heavy atom. The molecule has 0 N–H and O–H groups in total. The summed E-state index contributed by atoms with van der Waals surface area (Å²) in [5.74, 6) is 0.862. The Balaban J connectivity index is 1.86. The highest BCUT2D eigenvalue weighted by atomic mass is 16.5. The van der Waals surface area contributed by atoms with Gasteiger partial charge < -0.3 is 4.74 Å². The maximum Gasteiger partial charge on any atom is 0.306 e. The van der Waals surface area contributed by atoms with Crippen LogP contribution in [0.15, 0.2) is 0 Å². The number of hydrogen-bond donors (Lipinski definition) is 0. The lowest BCUT2D eigenvalue weighted by molar-refractivity contribution is -0.146. The van der Waals surface area contributed by atoms with Crippen molar-refractivity contribution in [3.63, 3.8) is 0 Å². The number of hydrogen-bond acceptors (Lipinski definition) is 3. The number of carbonyl (C=O) groups excluding carboxylic acids is 2. The monoisotopic (exact) mass is 222 g/mol. The van der Waals surface area contributed by atoms with E-state index in [9.17, 15) is 9.59 Å². The minimum atomic E-state index is -0.0651. The number of carbonyl (C=O) groups is 2. The normalized spacial score (nSPS) is 47.2. The molecule has 3 fully saturated rings. The first-order chi connectivity index (χ1) is 7.58. The number of Topliss-reactive ketones (excluding diaryl/α,β-unsaturated/α-hetero) is 1. The molecule has 0 radical (unpaired) electrons. The van der Waals surface area contributed by atoms with Gasteiger partial charge in [-0.25, -0.2) is 0 Å². The van der Waals surface area contributed by atoms with Gasteiger partial charge in [0, 0.05) is 18.3 Å². The number of rotatable bonds is 0. The Morgan fingerprint density at radius 1 is 1.38 bits per heavy atom. The number of ketones is 1. The van der Waals surface area contributed by atoms with Crippen LogP contribution in [0, 0.1) is 17.3 Å². The molecule has 3 nitrogen and oxygen atoms in total. The van der Waals surface area contributed by atoms with E-state index in [0.29, 0.717) is 18.1 Å². The molecule has 1 heterocycles. The maximum atomic E-state index is 12.0. The molecule has 3 heteroatoms. The Kier molecular flexibility index (Phi) is 2.13. The Hall–Kier alpha value is -0.860. The van der Waals surface area contributed by atoms with Crippen molar-refractivity contribution in [3.05, 3.63) is 0 Å². The molecular formula is C13H18O3. The van der Waals surface area contributed by atoms with Crippen LogP contribution >= 0.6 is 0 Å². The topological polar surface area (TPSA) is 43.4 Å². The van der Waals surface area contributed by atoms with Gasteiger partial charge in [0.05, 0.1) is 6.42 Å². The molecule has 0 spiro atoms. The molecule has 3 aliphatic rings. The number of fused-ring (bicyclic) bond motifs is 2. The van der Waals surface area contributed by atoms with E-state index in [1.165, 1.54) is 0 Å². The van der Waals surface area contributed by atoms with Gasteiger partial charge in [-0.1, -0.05) is 6.92 Å². The van der Waals surface area contributed by atoms with E-state index in [4.69, 9.17) is 4.74 Å². The average Bonchev–Trinajstić information content (AvgIpc) is 2.54. The van der Waals surface area contributed by atoms with Crippen LogP contribution in [-0.4, -0.2) is 17.9 Å². The van der Waals surface area contributed by atoms with Crippen LogP contribution in [0.25, 0.3) is 0 Å². The minimum Gasteiger partial charge on any atom is -0.462 e.